The molecule has 1 aliphatic carbocycles. The zero-order chi connectivity index (χ0) is 17.8. The van der Waals surface area contributed by atoms with E-state index in [-0.39, 0.29) is 0 Å². The first kappa shape index (κ1) is 22.0. The van der Waals surface area contributed by atoms with Gasteiger partial charge in [0.2, 0.25) is 0 Å². The van der Waals surface area contributed by atoms with E-state index in [1.165, 1.54) is 96.3 Å². The molecule has 0 heteroatoms. The van der Waals surface area contributed by atoms with Crippen molar-refractivity contribution in [1.29, 1.82) is 0 Å². The van der Waals surface area contributed by atoms with Crippen molar-refractivity contribution < 1.29 is 0 Å². The predicted molar refractivity (Wildman–Crippen MR) is 115 cm³/mol. The minimum Gasteiger partial charge on any atom is -0.0885 e. The molecule has 1 aliphatic rings. The fourth-order valence-electron chi connectivity index (χ4n) is 3.41. The third-order valence-corrected chi connectivity index (χ3v) is 5.08. The summed E-state index contributed by atoms with van der Waals surface area (Å²) >= 11 is 0. The highest BCUT2D eigenvalue weighted by Crippen LogP contribution is 2.17. The molecule has 0 unspecified atom stereocenters. The molecule has 0 heterocycles. The van der Waals surface area contributed by atoms with Crippen molar-refractivity contribution in [3.63, 3.8) is 0 Å². The topological polar surface area (TPSA) is 0 Å². The molecule has 0 aromatic carbocycles. The minimum absolute atomic E-state index is 1.15. The first-order valence-electron chi connectivity index (χ1n) is 11.1. The van der Waals surface area contributed by atoms with Gasteiger partial charge in [-0.1, -0.05) is 113 Å². The van der Waals surface area contributed by atoms with Crippen molar-refractivity contribution in [1.82, 2.24) is 0 Å². The highest BCUT2D eigenvalue weighted by atomic mass is 14.0. The maximum absolute atomic E-state index is 2.42. The first-order chi connectivity index (χ1) is 12.4. The van der Waals surface area contributed by atoms with E-state index in [1.54, 1.807) is 5.57 Å². The van der Waals surface area contributed by atoms with Crippen LogP contribution in [0.15, 0.2) is 48.1 Å². The van der Waals surface area contributed by atoms with Crippen LogP contribution in [0.3, 0.4) is 0 Å². The monoisotopic (exact) mass is 342 g/mol. The lowest BCUT2D eigenvalue weighted by Gasteiger charge is -2.04. The van der Waals surface area contributed by atoms with E-state index in [1.807, 2.05) is 0 Å². The third-order valence-electron chi connectivity index (χ3n) is 5.08. The Morgan fingerprint density at radius 1 is 0.680 bits per heavy atom. The summed E-state index contributed by atoms with van der Waals surface area (Å²) in [6, 6.07) is 0. The summed E-state index contributed by atoms with van der Waals surface area (Å²) in [5.41, 5.74) is 1.60. The Hall–Kier alpha value is -1.04. The summed E-state index contributed by atoms with van der Waals surface area (Å²) in [5.74, 6) is 0. The summed E-state index contributed by atoms with van der Waals surface area (Å²) < 4.78 is 0. The largest absolute Gasteiger partial charge is 0.0885 e. The van der Waals surface area contributed by atoms with Gasteiger partial charge in [-0.15, -0.1) is 0 Å². The zero-order valence-corrected chi connectivity index (χ0v) is 16.9. The van der Waals surface area contributed by atoms with Gasteiger partial charge in [-0.3, -0.25) is 0 Å². The number of hydrogen-bond donors (Lipinski definition) is 0. The highest BCUT2D eigenvalue weighted by molar-refractivity contribution is 5.23. The third kappa shape index (κ3) is 15.0. The number of rotatable bonds is 16. The van der Waals surface area contributed by atoms with Gasteiger partial charge in [-0.2, -0.15) is 0 Å². The molecule has 142 valence electrons. The van der Waals surface area contributed by atoms with Gasteiger partial charge in [0, 0.05) is 0 Å². The Morgan fingerprint density at radius 2 is 1.28 bits per heavy atom. The summed E-state index contributed by atoms with van der Waals surface area (Å²) in [5, 5.41) is 0. The SMILES string of the molecule is CCCCCCCC/C=C\CCCCCCCCC1=CC=CC=CC1. The molecule has 0 saturated heterocycles. The van der Waals surface area contributed by atoms with Crippen molar-refractivity contribution >= 4 is 0 Å². The molecular formula is C25H42. The fraction of sp³-hybridized carbons (Fsp3) is 0.680. The second-order valence-electron chi connectivity index (χ2n) is 7.53. The molecule has 0 atom stereocenters. The van der Waals surface area contributed by atoms with E-state index < -0.39 is 0 Å². The molecule has 0 bridgehead atoms. The van der Waals surface area contributed by atoms with Gasteiger partial charge in [0.15, 0.2) is 0 Å². The lowest BCUT2D eigenvalue weighted by molar-refractivity contribution is 0.593. The van der Waals surface area contributed by atoms with Crippen LogP contribution < -0.4 is 0 Å². The van der Waals surface area contributed by atoms with E-state index in [2.05, 4.69) is 49.5 Å². The van der Waals surface area contributed by atoms with Crippen LogP contribution in [0.4, 0.5) is 0 Å². The normalized spacial score (nSPS) is 14.2. The van der Waals surface area contributed by atoms with E-state index in [0.717, 1.165) is 6.42 Å². The molecular weight excluding hydrogens is 300 g/mol. The maximum atomic E-state index is 2.42. The van der Waals surface area contributed by atoms with Crippen LogP contribution in [-0.4, -0.2) is 0 Å². The van der Waals surface area contributed by atoms with Crippen LogP contribution in [0.2, 0.25) is 0 Å². The van der Waals surface area contributed by atoms with Gasteiger partial charge in [-0.05, 0) is 44.9 Å². The zero-order valence-electron chi connectivity index (χ0n) is 16.9. The van der Waals surface area contributed by atoms with Crippen LogP contribution in [0, 0.1) is 0 Å². The van der Waals surface area contributed by atoms with Crippen LogP contribution in [0.5, 0.6) is 0 Å². The second-order valence-corrected chi connectivity index (χ2v) is 7.53. The Balaban J connectivity index is 1.78. The van der Waals surface area contributed by atoms with Crippen molar-refractivity contribution in [3.8, 4) is 0 Å². The van der Waals surface area contributed by atoms with E-state index in [9.17, 15) is 0 Å². The molecule has 0 aromatic rings. The molecule has 0 nitrogen and oxygen atoms in total. The second kappa shape index (κ2) is 17.8. The van der Waals surface area contributed by atoms with Gasteiger partial charge >= 0.3 is 0 Å². The smallest absolute Gasteiger partial charge is 0.0133 e. The molecule has 0 aliphatic heterocycles. The molecule has 1 rings (SSSR count). The molecule has 0 fully saturated rings. The van der Waals surface area contributed by atoms with Crippen LogP contribution in [0.1, 0.15) is 110 Å². The Kier molecular flexibility index (Phi) is 15.6. The summed E-state index contributed by atoms with van der Waals surface area (Å²) in [6.07, 6.45) is 37.8. The Bertz CT molecular complexity index is 394. The Labute approximate surface area is 158 Å². The molecule has 25 heavy (non-hydrogen) atoms. The maximum Gasteiger partial charge on any atom is -0.0133 e. The average molecular weight is 343 g/mol. The van der Waals surface area contributed by atoms with Crippen LogP contribution in [-0.2, 0) is 0 Å². The first-order valence-corrected chi connectivity index (χ1v) is 11.1. The van der Waals surface area contributed by atoms with Crippen molar-refractivity contribution in [2.45, 2.75) is 110 Å². The number of allylic oxidation sites excluding steroid dienone is 8. The summed E-state index contributed by atoms with van der Waals surface area (Å²) in [4.78, 5) is 0. The van der Waals surface area contributed by atoms with Gasteiger partial charge < -0.3 is 0 Å². The summed E-state index contributed by atoms with van der Waals surface area (Å²) in [7, 11) is 0. The number of hydrogen-bond acceptors (Lipinski definition) is 0. The van der Waals surface area contributed by atoms with E-state index in [4.69, 9.17) is 0 Å². The van der Waals surface area contributed by atoms with Crippen molar-refractivity contribution in [2.24, 2.45) is 0 Å². The van der Waals surface area contributed by atoms with E-state index in [0.29, 0.717) is 0 Å². The molecule has 0 spiro atoms. The number of unbranched alkanes of at least 4 members (excludes halogenated alkanes) is 12. The highest BCUT2D eigenvalue weighted by Gasteiger charge is 1.97. The van der Waals surface area contributed by atoms with Crippen molar-refractivity contribution in [2.75, 3.05) is 0 Å². The molecule has 0 radical (unpaired) electrons. The van der Waals surface area contributed by atoms with Crippen molar-refractivity contribution in [3.05, 3.63) is 48.1 Å². The molecule has 0 saturated carbocycles. The van der Waals surface area contributed by atoms with Gasteiger partial charge in [-0.25, -0.2) is 0 Å². The van der Waals surface area contributed by atoms with Gasteiger partial charge in [0.25, 0.3) is 0 Å². The molecule has 0 amide bonds. The Morgan fingerprint density at radius 3 is 1.96 bits per heavy atom. The lowest BCUT2D eigenvalue weighted by atomic mass is 10.0. The average Bonchev–Trinajstić information content (AvgIpc) is 2.90. The minimum atomic E-state index is 1.15. The van der Waals surface area contributed by atoms with Crippen LogP contribution in [0.25, 0.3) is 0 Å². The lowest BCUT2D eigenvalue weighted by Crippen LogP contribution is -1.84. The van der Waals surface area contributed by atoms with Gasteiger partial charge in [0.05, 0.1) is 0 Å². The standard InChI is InChI=1S/C25H42/c1-2-3-4-5-6-7-8-9-10-11-12-13-14-15-16-19-22-25-23-20-17-18-21-24-25/h9-10,17-18,20-21,23H,2-8,11-16,19,22,24H2,1H3/b10-9-. The molecule has 0 N–H and O–H groups in total. The molecule has 0 aromatic heterocycles. The predicted octanol–water partition coefficient (Wildman–Crippen LogP) is 8.86. The fourth-order valence-corrected chi connectivity index (χ4v) is 3.41. The summed E-state index contributed by atoms with van der Waals surface area (Å²) in [6.45, 7) is 2.29. The van der Waals surface area contributed by atoms with Gasteiger partial charge in [0.1, 0.15) is 0 Å². The van der Waals surface area contributed by atoms with E-state index >= 15 is 0 Å². The van der Waals surface area contributed by atoms with Crippen LogP contribution >= 0.6 is 0 Å². The quantitative estimate of drug-likeness (QED) is 0.194.